The summed E-state index contributed by atoms with van der Waals surface area (Å²) in [5.74, 6) is -1.31. The van der Waals surface area contributed by atoms with Gasteiger partial charge in [0.05, 0.1) is 49.8 Å². The first-order valence-electron chi connectivity index (χ1n) is 13.1. The van der Waals surface area contributed by atoms with Crippen molar-refractivity contribution in [2.75, 3.05) is 26.2 Å². The van der Waals surface area contributed by atoms with Crippen LogP contribution in [0, 0.1) is 17.5 Å². The summed E-state index contributed by atoms with van der Waals surface area (Å²) in [6.45, 7) is 16.2. The molecule has 190 valence electrons. The molecule has 0 aliphatic rings. The summed E-state index contributed by atoms with van der Waals surface area (Å²) in [5.41, 5.74) is 1.07. The molecule has 1 nitrogen and oxygen atoms in total. The highest BCUT2D eigenvalue weighted by atomic mass is 19.1. The van der Waals surface area contributed by atoms with E-state index in [2.05, 4.69) is 27.7 Å². The smallest absolute Gasteiger partial charge is 0.0922 e. The van der Waals surface area contributed by atoms with Crippen molar-refractivity contribution in [2.24, 2.45) is 0 Å². The summed E-state index contributed by atoms with van der Waals surface area (Å²) in [7, 11) is 0. The van der Waals surface area contributed by atoms with Crippen molar-refractivity contribution in [1.82, 2.24) is 0 Å². The third-order valence-corrected chi connectivity index (χ3v) is 7.98. The molecule has 3 rings (SSSR count). The fourth-order valence-electron chi connectivity index (χ4n) is 5.45. The molecule has 0 unspecified atom stereocenters. The molecule has 0 aliphatic heterocycles. The van der Waals surface area contributed by atoms with E-state index < -0.39 is 23.6 Å². The molecule has 3 aromatic carbocycles. The maximum atomic E-state index is 14.9. The summed E-state index contributed by atoms with van der Waals surface area (Å²) < 4.78 is 46.0. The molecule has 35 heavy (non-hydrogen) atoms. The number of benzene rings is 3. The SMILES string of the molecule is CCCC[B-](c1ccccc1F)(c1ccccc1F)c1ccccc1F.CC[N+](CC)(CC)CC. The van der Waals surface area contributed by atoms with Crippen molar-refractivity contribution in [1.29, 1.82) is 0 Å². The van der Waals surface area contributed by atoms with Crippen molar-refractivity contribution >= 4 is 22.5 Å². The molecule has 0 aromatic heterocycles. The Kier molecular flexibility index (Phi) is 11.1. The Morgan fingerprint density at radius 1 is 0.543 bits per heavy atom. The van der Waals surface area contributed by atoms with Crippen LogP contribution in [0.3, 0.4) is 0 Å². The highest BCUT2D eigenvalue weighted by Crippen LogP contribution is 2.20. The lowest BCUT2D eigenvalue weighted by Gasteiger charge is -2.43. The van der Waals surface area contributed by atoms with Gasteiger partial charge in [-0.2, -0.15) is 22.7 Å². The maximum Gasteiger partial charge on any atom is 0.0922 e. The minimum absolute atomic E-state index is 0.358. The van der Waals surface area contributed by atoms with Crippen molar-refractivity contribution in [3.63, 3.8) is 0 Å². The summed E-state index contributed by atoms with van der Waals surface area (Å²) in [5, 5.41) is 0. The Morgan fingerprint density at radius 3 is 1.09 bits per heavy atom. The first kappa shape index (κ1) is 28.7. The molecular formula is C30H41BF3N. The number of rotatable bonds is 10. The van der Waals surface area contributed by atoms with Crippen LogP contribution in [0.15, 0.2) is 72.8 Å². The topological polar surface area (TPSA) is 0 Å². The van der Waals surface area contributed by atoms with E-state index in [1.807, 2.05) is 6.92 Å². The average molecular weight is 483 g/mol. The van der Waals surface area contributed by atoms with Gasteiger partial charge in [-0.25, -0.2) is 13.2 Å². The van der Waals surface area contributed by atoms with E-state index in [-0.39, 0.29) is 0 Å². The molecule has 5 heteroatoms. The second-order valence-electron chi connectivity index (χ2n) is 9.36. The van der Waals surface area contributed by atoms with Crippen LogP contribution in [-0.2, 0) is 0 Å². The van der Waals surface area contributed by atoms with Crippen LogP contribution < -0.4 is 16.4 Å². The van der Waals surface area contributed by atoms with E-state index in [0.717, 1.165) is 12.8 Å². The summed E-state index contributed by atoms with van der Waals surface area (Å²) in [4.78, 5) is 0. The van der Waals surface area contributed by atoms with Crippen LogP contribution >= 0.6 is 0 Å². The quantitative estimate of drug-likeness (QED) is 0.236. The highest BCUT2D eigenvalue weighted by molar-refractivity contribution is 7.11. The van der Waals surface area contributed by atoms with Crippen LogP contribution in [-0.4, -0.2) is 36.8 Å². The first-order valence-corrected chi connectivity index (χ1v) is 13.1. The number of hydrogen-bond donors (Lipinski definition) is 0. The normalized spacial score (nSPS) is 11.7. The number of quaternary nitrogens is 1. The van der Waals surface area contributed by atoms with Crippen molar-refractivity contribution in [3.8, 4) is 0 Å². The van der Waals surface area contributed by atoms with E-state index in [4.69, 9.17) is 0 Å². The fourth-order valence-corrected chi connectivity index (χ4v) is 5.45. The molecule has 0 saturated carbocycles. The lowest BCUT2D eigenvalue weighted by Crippen LogP contribution is -2.69. The van der Waals surface area contributed by atoms with Gasteiger partial charge in [-0.15, -0.1) is 0 Å². The zero-order chi connectivity index (χ0) is 25.9. The third kappa shape index (κ3) is 6.38. The minimum atomic E-state index is -2.11. The van der Waals surface area contributed by atoms with Crippen LogP contribution in [0.25, 0.3) is 0 Å². The second-order valence-corrected chi connectivity index (χ2v) is 9.36. The standard InChI is InChI=1S/C22H21BF3.C8H20N/c1-2-3-16-23(17-10-4-7-13-20(17)24,18-11-5-8-14-21(18)25)19-12-6-9-15-22(19)26;1-5-9(6-2,7-3)8-4/h4-15H,2-3,16H2,1H3;5-8H2,1-4H3/q-1;+1. The van der Waals surface area contributed by atoms with E-state index in [0.29, 0.717) is 22.7 Å². The van der Waals surface area contributed by atoms with Crippen LogP contribution in [0.2, 0.25) is 6.32 Å². The van der Waals surface area contributed by atoms with E-state index in [1.54, 1.807) is 54.6 Å². The van der Waals surface area contributed by atoms with Crippen molar-refractivity contribution < 1.29 is 17.7 Å². The summed E-state index contributed by atoms with van der Waals surface area (Å²) in [6.07, 6.45) is -0.0621. The average Bonchev–Trinajstić information content (AvgIpc) is 2.89. The number of unbranched alkanes of at least 4 members (excludes halogenated alkanes) is 1. The molecule has 0 bridgehead atoms. The molecule has 0 atom stereocenters. The Balaban J connectivity index is 0.000000410. The van der Waals surface area contributed by atoms with Gasteiger partial charge in [-0.05, 0) is 45.9 Å². The van der Waals surface area contributed by atoms with Gasteiger partial charge in [0.25, 0.3) is 0 Å². The Hall–Kier alpha value is -2.53. The third-order valence-electron chi connectivity index (χ3n) is 7.98. The number of halogens is 3. The Morgan fingerprint density at radius 2 is 0.857 bits per heavy atom. The predicted octanol–water partition coefficient (Wildman–Crippen LogP) is 6.26. The molecule has 0 N–H and O–H groups in total. The first-order chi connectivity index (χ1) is 16.9. The van der Waals surface area contributed by atoms with Crippen LogP contribution in [0.4, 0.5) is 13.2 Å². The maximum absolute atomic E-state index is 14.9. The zero-order valence-electron chi connectivity index (χ0n) is 22.0. The lowest BCUT2D eigenvalue weighted by molar-refractivity contribution is -0.921. The van der Waals surface area contributed by atoms with Crippen LogP contribution in [0.5, 0.6) is 0 Å². The van der Waals surface area contributed by atoms with Crippen molar-refractivity contribution in [3.05, 3.63) is 90.2 Å². The fraction of sp³-hybridized carbons (Fsp3) is 0.400. The Bertz CT molecular complexity index is 921. The highest BCUT2D eigenvalue weighted by Gasteiger charge is 2.35. The van der Waals surface area contributed by atoms with Gasteiger partial charge in [0.15, 0.2) is 0 Å². The van der Waals surface area contributed by atoms with E-state index in [9.17, 15) is 13.2 Å². The minimum Gasteiger partial charge on any atom is -0.325 e. The summed E-state index contributed by atoms with van der Waals surface area (Å²) in [6, 6.07) is 19.0. The largest absolute Gasteiger partial charge is 0.325 e. The van der Waals surface area contributed by atoms with Crippen molar-refractivity contribution in [2.45, 2.75) is 53.8 Å². The summed E-state index contributed by atoms with van der Waals surface area (Å²) >= 11 is 0. The van der Waals surface area contributed by atoms with Gasteiger partial charge in [0.1, 0.15) is 0 Å². The Labute approximate surface area is 210 Å². The van der Waals surface area contributed by atoms with Gasteiger partial charge in [0, 0.05) is 0 Å². The molecule has 0 fully saturated rings. The lowest BCUT2D eigenvalue weighted by atomic mass is 9.13. The molecule has 0 spiro atoms. The molecule has 3 aromatic rings. The molecule has 0 heterocycles. The van der Waals surface area contributed by atoms with Gasteiger partial charge >= 0.3 is 0 Å². The van der Waals surface area contributed by atoms with Gasteiger partial charge in [0.2, 0.25) is 0 Å². The number of nitrogens with zero attached hydrogens (tertiary/aromatic N) is 1. The van der Waals surface area contributed by atoms with Crippen LogP contribution in [0.1, 0.15) is 47.5 Å². The molecular weight excluding hydrogens is 442 g/mol. The predicted molar refractivity (Wildman–Crippen MR) is 146 cm³/mol. The van der Waals surface area contributed by atoms with Gasteiger partial charge in [-0.1, -0.05) is 74.4 Å². The number of hydrogen-bond acceptors (Lipinski definition) is 0. The zero-order valence-corrected chi connectivity index (χ0v) is 22.0. The van der Waals surface area contributed by atoms with Gasteiger partial charge < -0.3 is 4.48 Å². The molecule has 0 radical (unpaired) electrons. The van der Waals surface area contributed by atoms with Gasteiger partial charge in [-0.3, -0.25) is 0 Å². The second kappa shape index (κ2) is 13.5. The molecule has 0 aliphatic carbocycles. The molecule has 0 amide bonds. The monoisotopic (exact) mass is 483 g/mol. The molecule has 0 saturated heterocycles. The van der Waals surface area contributed by atoms with E-state index in [1.165, 1.54) is 48.9 Å². The van der Waals surface area contributed by atoms with E-state index >= 15 is 0 Å².